The van der Waals surface area contributed by atoms with Gasteiger partial charge in [-0.2, -0.15) is 0 Å². The van der Waals surface area contributed by atoms with Crippen LogP contribution in [0.4, 0.5) is 5.69 Å². The quantitative estimate of drug-likeness (QED) is 0.884. The molecule has 2 N–H and O–H groups in total. The largest absolute Gasteiger partial charge is 0.346 e. The minimum atomic E-state index is -3.37. The number of hydrogen-bond acceptors (Lipinski definition) is 3. The van der Waals surface area contributed by atoms with E-state index >= 15 is 0 Å². The molecule has 2 rings (SSSR count). The molecule has 0 aliphatic rings. The van der Waals surface area contributed by atoms with Gasteiger partial charge in [-0.3, -0.25) is 9.52 Å². The first kappa shape index (κ1) is 17.0. The average Bonchev–Trinajstić information content (AvgIpc) is 2.46. The van der Waals surface area contributed by atoms with Crippen molar-refractivity contribution in [1.29, 1.82) is 0 Å². The molecular weight excluding hydrogens is 312 g/mol. The highest BCUT2D eigenvalue weighted by Gasteiger charge is 2.12. The lowest BCUT2D eigenvalue weighted by molar-refractivity contribution is 0.0940. The van der Waals surface area contributed by atoms with Crippen molar-refractivity contribution in [3.8, 4) is 0 Å². The summed E-state index contributed by atoms with van der Waals surface area (Å²) in [4.78, 5) is 12.3. The van der Waals surface area contributed by atoms with Gasteiger partial charge in [0.1, 0.15) is 0 Å². The molecule has 6 heteroatoms. The molecule has 0 aliphatic carbocycles. The van der Waals surface area contributed by atoms with Gasteiger partial charge in [0.05, 0.1) is 12.3 Å². The number of benzene rings is 2. The van der Waals surface area contributed by atoms with Crippen LogP contribution in [-0.4, -0.2) is 20.6 Å². The Bertz CT molecular complexity index is 799. The SMILES string of the molecule is Cc1ccc([C@@H](C)NC(=O)c2cccc(NS(C)(=O)=O)c2)cc1. The van der Waals surface area contributed by atoms with E-state index in [0.29, 0.717) is 11.3 Å². The topological polar surface area (TPSA) is 75.3 Å². The molecule has 0 radical (unpaired) electrons. The van der Waals surface area contributed by atoms with E-state index < -0.39 is 10.0 Å². The zero-order chi connectivity index (χ0) is 17.0. The smallest absolute Gasteiger partial charge is 0.251 e. The molecule has 0 aliphatic heterocycles. The van der Waals surface area contributed by atoms with Crippen molar-refractivity contribution in [1.82, 2.24) is 5.32 Å². The van der Waals surface area contributed by atoms with E-state index in [4.69, 9.17) is 0 Å². The summed E-state index contributed by atoms with van der Waals surface area (Å²) >= 11 is 0. The van der Waals surface area contributed by atoms with Gasteiger partial charge in [0.15, 0.2) is 0 Å². The van der Waals surface area contributed by atoms with E-state index in [1.54, 1.807) is 18.2 Å². The molecule has 1 atom stereocenters. The first-order chi connectivity index (χ1) is 10.7. The van der Waals surface area contributed by atoms with Gasteiger partial charge in [0, 0.05) is 11.3 Å². The first-order valence-corrected chi connectivity index (χ1v) is 9.09. The molecule has 0 heterocycles. The number of anilines is 1. The van der Waals surface area contributed by atoms with Crippen LogP contribution in [0.5, 0.6) is 0 Å². The maximum absolute atomic E-state index is 12.3. The highest BCUT2D eigenvalue weighted by atomic mass is 32.2. The number of carbonyl (C=O) groups excluding carboxylic acids is 1. The molecule has 0 aromatic heterocycles. The van der Waals surface area contributed by atoms with Crippen molar-refractivity contribution < 1.29 is 13.2 Å². The van der Waals surface area contributed by atoms with Crippen LogP contribution in [0.25, 0.3) is 0 Å². The number of nitrogens with one attached hydrogen (secondary N) is 2. The van der Waals surface area contributed by atoms with Gasteiger partial charge in [0.2, 0.25) is 10.0 Å². The lowest BCUT2D eigenvalue weighted by Crippen LogP contribution is -2.26. The summed E-state index contributed by atoms with van der Waals surface area (Å²) in [6, 6.07) is 14.2. The van der Waals surface area contributed by atoms with Crippen LogP contribution >= 0.6 is 0 Å². The Morgan fingerprint density at radius 3 is 2.35 bits per heavy atom. The molecule has 0 bridgehead atoms. The molecule has 0 spiro atoms. The summed E-state index contributed by atoms with van der Waals surface area (Å²) in [6.45, 7) is 3.91. The number of rotatable bonds is 5. The van der Waals surface area contributed by atoms with E-state index in [1.165, 1.54) is 6.07 Å². The third kappa shape index (κ3) is 5.10. The van der Waals surface area contributed by atoms with E-state index in [2.05, 4.69) is 10.0 Å². The molecule has 0 fully saturated rings. The molecule has 2 aromatic rings. The number of amides is 1. The molecule has 23 heavy (non-hydrogen) atoms. The fourth-order valence-corrected chi connectivity index (χ4v) is 2.71. The fraction of sp³-hybridized carbons (Fsp3) is 0.235. The zero-order valence-corrected chi connectivity index (χ0v) is 14.1. The zero-order valence-electron chi connectivity index (χ0n) is 13.3. The van der Waals surface area contributed by atoms with Crippen molar-refractivity contribution in [2.24, 2.45) is 0 Å². The van der Waals surface area contributed by atoms with Gasteiger partial charge in [0.25, 0.3) is 5.91 Å². The lowest BCUT2D eigenvalue weighted by atomic mass is 10.1. The van der Waals surface area contributed by atoms with E-state index in [0.717, 1.165) is 17.4 Å². The second-order valence-corrected chi connectivity index (χ2v) is 7.31. The van der Waals surface area contributed by atoms with E-state index in [-0.39, 0.29) is 11.9 Å². The van der Waals surface area contributed by atoms with Crippen LogP contribution in [0.15, 0.2) is 48.5 Å². The van der Waals surface area contributed by atoms with E-state index in [1.807, 2.05) is 38.1 Å². The predicted molar refractivity (Wildman–Crippen MR) is 92.0 cm³/mol. The maximum atomic E-state index is 12.3. The maximum Gasteiger partial charge on any atom is 0.251 e. The van der Waals surface area contributed by atoms with Crippen LogP contribution in [0.1, 0.15) is 34.5 Å². The first-order valence-electron chi connectivity index (χ1n) is 7.20. The number of carbonyl (C=O) groups is 1. The summed E-state index contributed by atoms with van der Waals surface area (Å²) in [5, 5.41) is 2.91. The van der Waals surface area contributed by atoms with Crippen molar-refractivity contribution in [2.75, 3.05) is 11.0 Å². The predicted octanol–water partition coefficient (Wildman–Crippen LogP) is 2.86. The fourth-order valence-electron chi connectivity index (χ4n) is 2.16. The summed E-state index contributed by atoms with van der Waals surface area (Å²) in [7, 11) is -3.37. The van der Waals surface area contributed by atoms with Crippen molar-refractivity contribution in [3.05, 3.63) is 65.2 Å². The lowest BCUT2D eigenvalue weighted by Gasteiger charge is -2.15. The van der Waals surface area contributed by atoms with Crippen LogP contribution in [0.3, 0.4) is 0 Å². The second-order valence-electron chi connectivity index (χ2n) is 5.56. The highest BCUT2D eigenvalue weighted by Crippen LogP contribution is 2.16. The highest BCUT2D eigenvalue weighted by molar-refractivity contribution is 7.92. The molecular formula is C17H20N2O3S. The Kier molecular flexibility index (Phi) is 5.05. The number of aryl methyl sites for hydroxylation is 1. The van der Waals surface area contributed by atoms with Gasteiger partial charge >= 0.3 is 0 Å². The monoisotopic (exact) mass is 332 g/mol. The average molecular weight is 332 g/mol. The molecule has 122 valence electrons. The molecule has 5 nitrogen and oxygen atoms in total. The van der Waals surface area contributed by atoms with Gasteiger partial charge in [-0.25, -0.2) is 8.42 Å². The molecule has 1 amide bonds. The van der Waals surface area contributed by atoms with Gasteiger partial charge in [-0.05, 0) is 37.6 Å². The standard InChI is InChI=1S/C17H20N2O3S/c1-12-7-9-14(10-8-12)13(2)18-17(20)15-5-4-6-16(11-15)19-23(3,21)22/h4-11,13,19H,1-3H3,(H,18,20)/t13-/m1/s1. The molecule has 0 saturated carbocycles. The molecule has 2 aromatic carbocycles. The number of hydrogen-bond donors (Lipinski definition) is 2. The summed E-state index contributed by atoms with van der Waals surface area (Å²) in [5.74, 6) is -0.254. The van der Waals surface area contributed by atoms with Crippen LogP contribution in [-0.2, 0) is 10.0 Å². The van der Waals surface area contributed by atoms with Gasteiger partial charge in [-0.1, -0.05) is 35.9 Å². The normalized spacial score (nSPS) is 12.5. The summed E-state index contributed by atoms with van der Waals surface area (Å²) in [6.07, 6.45) is 1.07. The second kappa shape index (κ2) is 6.83. The van der Waals surface area contributed by atoms with Crippen molar-refractivity contribution in [3.63, 3.8) is 0 Å². The Morgan fingerprint density at radius 2 is 1.74 bits per heavy atom. The van der Waals surface area contributed by atoms with Crippen molar-refractivity contribution in [2.45, 2.75) is 19.9 Å². The van der Waals surface area contributed by atoms with Gasteiger partial charge in [-0.15, -0.1) is 0 Å². The van der Waals surface area contributed by atoms with E-state index in [9.17, 15) is 13.2 Å². The van der Waals surface area contributed by atoms with Crippen LogP contribution in [0, 0.1) is 6.92 Å². The number of sulfonamides is 1. The van der Waals surface area contributed by atoms with Crippen molar-refractivity contribution >= 4 is 21.6 Å². The van der Waals surface area contributed by atoms with Crippen LogP contribution < -0.4 is 10.0 Å². The Balaban J connectivity index is 2.11. The molecule has 0 unspecified atom stereocenters. The van der Waals surface area contributed by atoms with Gasteiger partial charge < -0.3 is 5.32 Å². The Labute approximate surface area is 136 Å². The third-order valence-electron chi connectivity index (χ3n) is 3.35. The third-order valence-corrected chi connectivity index (χ3v) is 3.96. The summed E-state index contributed by atoms with van der Waals surface area (Å²) < 4.78 is 24.9. The van der Waals surface area contributed by atoms with Crippen LogP contribution in [0.2, 0.25) is 0 Å². The Hall–Kier alpha value is -2.34. The molecule has 0 saturated heterocycles. The Morgan fingerprint density at radius 1 is 1.09 bits per heavy atom. The summed E-state index contributed by atoms with van der Waals surface area (Å²) in [5.41, 5.74) is 2.93. The minimum Gasteiger partial charge on any atom is -0.346 e. The minimum absolute atomic E-state index is 0.144.